The highest BCUT2D eigenvalue weighted by Crippen LogP contribution is 2.25. The molecule has 0 unspecified atom stereocenters. The Morgan fingerprint density at radius 1 is 1.21 bits per heavy atom. The molecule has 0 N–H and O–H groups in total. The molecule has 5 nitrogen and oxygen atoms in total. The number of aromatic nitrogens is 3. The van der Waals surface area contributed by atoms with Crippen LogP contribution in [0.1, 0.15) is 21.1 Å². The molecule has 3 rings (SSSR count). The average Bonchev–Trinajstić information content (AvgIpc) is 2.99. The molecule has 0 atom stereocenters. The molecule has 0 spiro atoms. The van der Waals surface area contributed by atoms with Gasteiger partial charge in [-0.1, -0.05) is 0 Å². The van der Waals surface area contributed by atoms with Gasteiger partial charge >= 0.3 is 0 Å². The number of hydrogen-bond donors (Lipinski definition) is 0. The van der Waals surface area contributed by atoms with E-state index in [-0.39, 0.29) is 12.2 Å². The number of ketones is 1. The number of benzene rings is 1. The number of carbonyl (C=O) groups is 1. The Labute approximate surface area is 142 Å². The summed E-state index contributed by atoms with van der Waals surface area (Å²) in [5.74, 6) is -0.627. The van der Waals surface area contributed by atoms with E-state index in [0.29, 0.717) is 16.9 Å². The van der Waals surface area contributed by atoms with Gasteiger partial charge in [-0.2, -0.15) is 0 Å². The molecule has 0 aliphatic rings. The van der Waals surface area contributed by atoms with Crippen LogP contribution in [0, 0.1) is 12.7 Å². The standard InChI is InChI=1S/C17H15FN4OS/c1-11-9-24-17(21-11)6-16(23)12-3-13(18)5-14(4-12)22(2)15-7-19-10-20-8-15/h3-5,7-10H,6H2,1-2H3. The van der Waals surface area contributed by atoms with Gasteiger partial charge in [-0.25, -0.2) is 19.3 Å². The minimum atomic E-state index is -0.463. The van der Waals surface area contributed by atoms with E-state index >= 15 is 0 Å². The lowest BCUT2D eigenvalue weighted by Gasteiger charge is -2.19. The number of rotatable bonds is 5. The van der Waals surface area contributed by atoms with E-state index in [4.69, 9.17) is 0 Å². The summed E-state index contributed by atoms with van der Waals surface area (Å²) >= 11 is 1.43. The summed E-state index contributed by atoms with van der Waals surface area (Å²) in [6.45, 7) is 1.88. The number of hydrogen-bond acceptors (Lipinski definition) is 6. The molecule has 0 aliphatic heterocycles. The van der Waals surface area contributed by atoms with Crippen LogP contribution in [0.4, 0.5) is 15.8 Å². The van der Waals surface area contributed by atoms with E-state index in [0.717, 1.165) is 10.7 Å². The monoisotopic (exact) mass is 342 g/mol. The van der Waals surface area contributed by atoms with E-state index in [2.05, 4.69) is 15.0 Å². The number of halogens is 1. The van der Waals surface area contributed by atoms with Gasteiger partial charge in [0.15, 0.2) is 5.78 Å². The molecule has 2 aromatic heterocycles. The van der Waals surface area contributed by atoms with Crippen LogP contribution < -0.4 is 4.90 Å². The summed E-state index contributed by atoms with van der Waals surface area (Å²) in [6.07, 6.45) is 4.84. The van der Waals surface area contributed by atoms with Gasteiger partial charge in [0.25, 0.3) is 0 Å². The number of aryl methyl sites for hydroxylation is 1. The molecule has 0 fully saturated rings. The first-order valence-corrected chi connectivity index (χ1v) is 8.14. The highest BCUT2D eigenvalue weighted by atomic mass is 32.1. The molecule has 0 saturated heterocycles. The molecule has 1 aromatic carbocycles. The maximum Gasteiger partial charge on any atom is 0.169 e. The average molecular weight is 342 g/mol. The van der Waals surface area contributed by atoms with Gasteiger partial charge in [-0.05, 0) is 25.1 Å². The maximum absolute atomic E-state index is 14.0. The SMILES string of the molecule is Cc1csc(CC(=O)c2cc(F)cc(N(C)c3cncnc3)c2)n1. The van der Waals surface area contributed by atoms with Crippen molar-refractivity contribution >= 4 is 28.5 Å². The third-order valence-corrected chi connectivity index (χ3v) is 4.47. The lowest BCUT2D eigenvalue weighted by atomic mass is 10.1. The van der Waals surface area contributed by atoms with Crippen LogP contribution >= 0.6 is 11.3 Å². The summed E-state index contributed by atoms with van der Waals surface area (Å²) in [6, 6.07) is 4.29. The number of Topliss-reactive ketones (excluding diaryl/α,β-unsaturated/α-hetero) is 1. The van der Waals surface area contributed by atoms with E-state index in [1.807, 2.05) is 12.3 Å². The molecule has 24 heavy (non-hydrogen) atoms. The van der Waals surface area contributed by atoms with Crippen LogP contribution in [0.15, 0.2) is 42.3 Å². The number of thiazole rings is 1. The molecule has 7 heteroatoms. The quantitative estimate of drug-likeness (QED) is 0.663. The van der Waals surface area contributed by atoms with E-state index in [1.165, 1.54) is 29.8 Å². The second-order valence-corrected chi connectivity index (χ2v) is 6.28. The molecular weight excluding hydrogens is 327 g/mol. The molecule has 0 saturated carbocycles. The Balaban J connectivity index is 1.87. The minimum Gasteiger partial charge on any atom is -0.342 e. The summed E-state index contributed by atoms with van der Waals surface area (Å²) < 4.78 is 14.0. The third-order valence-electron chi connectivity index (χ3n) is 3.50. The van der Waals surface area contributed by atoms with Crippen molar-refractivity contribution in [3.63, 3.8) is 0 Å². The van der Waals surface area contributed by atoms with Crippen molar-refractivity contribution in [1.82, 2.24) is 15.0 Å². The fraction of sp³-hybridized carbons (Fsp3) is 0.176. The Morgan fingerprint density at radius 3 is 2.62 bits per heavy atom. The first-order valence-electron chi connectivity index (χ1n) is 7.26. The van der Waals surface area contributed by atoms with Crippen molar-refractivity contribution in [2.24, 2.45) is 0 Å². The summed E-state index contributed by atoms with van der Waals surface area (Å²) in [4.78, 5) is 26.4. The van der Waals surface area contributed by atoms with Crippen LogP contribution in [0.5, 0.6) is 0 Å². The fourth-order valence-electron chi connectivity index (χ4n) is 2.27. The Kier molecular flexibility index (Phi) is 4.61. The van der Waals surface area contributed by atoms with Crippen molar-refractivity contribution in [3.05, 3.63) is 64.4 Å². The predicted octanol–water partition coefficient (Wildman–Crippen LogP) is 3.57. The van der Waals surface area contributed by atoms with Gasteiger partial charge < -0.3 is 4.90 Å². The molecule has 2 heterocycles. The van der Waals surface area contributed by atoms with Crippen LogP contribution in [-0.2, 0) is 6.42 Å². The number of carbonyl (C=O) groups excluding carboxylic acids is 1. The molecular formula is C17H15FN4OS. The zero-order valence-corrected chi connectivity index (χ0v) is 14.0. The molecule has 122 valence electrons. The van der Waals surface area contributed by atoms with Crippen molar-refractivity contribution in [2.45, 2.75) is 13.3 Å². The van der Waals surface area contributed by atoms with Gasteiger partial charge in [0.05, 0.1) is 24.5 Å². The molecule has 0 bridgehead atoms. The number of anilines is 2. The van der Waals surface area contributed by atoms with Gasteiger partial charge in [-0.15, -0.1) is 11.3 Å². The summed E-state index contributed by atoms with van der Waals surface area (Å²) in [5, 5.41) is 2.62. The first-order chi connectivity index (χ1) is 11.5. The molecule has 0 aliphatic carbocycles. The van der Waals surface area contributed by atoms with Gasteiger partial charge in [0, 0.05) is 29.4 Å². The summed E-state index contributed by atoms with van der Waals surface area (Å²) in [7, 11) is 1.77. The normalized spacial score (nSPS) is 10.6. The zero-order chi connectivity index (χ0) is 17.1. The minimum absolute atomic E-state index is 0.164. The van der Waals surface area contributed by atoms with Crippen molar-refractivity contribution in [2.75, 3.05) is 11.9 Å². The van der Waals surface area contributed by atoms with Gasteiger partial charge in [0.1, 0.15) is 17.2 Å². The van der Waals surface area contributed by atoms with Crippen molar-refractivity contribution < 1.29 is 9.18 Å². The maximum atomic E-state index is 14.0. The van der Waals surface area contributed by atoms with E-state index < -0.39 is 5.82 Å². The fourth-order valence-corrected chi connectivity index (χ4v) is 3.04. The van der Waals surface area contributed by atoms with Gasteiger partial charge in [0.2, 0.25) is 0 Å². The predicted molar refractivity (Wildman–Crippen MR) is 91.4 cm³/mol. The van der Waals surface area contributed by atoms with Gasteiger partial charge in [-0.3, -0.25) is 4.79 Å². The number of nitrogens with zero attached hydrogens (tertiary/aromatic N) is 4. The topological polar surface area (TPSA) is 59.0 Å². The van der Waals surface area contributed by atoms with E-state index in [1.54, 1.807) is 30.4 Å². The molecule has 0 radical (unpaired) electrons. The second-order valence-electron chi connectivity index (χ2n) is 5.34. The van der Waals surface area contributed by atoms with Crippen LogP contribution in [0.2, 0.25) is 0 Å². The Morgan fingerprint density at radius 2 is 1.96 bits per heavy atom. The lowest BCUT2D eigenvalue weighted by molar-refractivity contribution is 0.0992. The smallest absolute Gasteiger partial charge is 0.169 e. The highest BCUT2D eigenvalue weighted by Gasteiger charge is 2.14. The summed E-state index contributed by atoms with van der Waals surface area (Å²) in [5.41, 5.74) is 2.47. The largest absolute Gasteiger partial charge is 0.342 e. The van der Waals surface area contributed by atoms with E-state index in [9.17, 15) is 9.18 Å². The molecule has 3 aromatic rings. The van der Waals surface area contributed by atoms with Crippen LogP contribution in [0.25, 0.3) is 0 Å². The first kappa shape index (κ1) is 16.2. The van der Waals surface area contributed by atoms with Crippen molar-refractivity contribution in [1.29, 1.82) is 0 Å². The highest BCUT2D eigenvalue weighted by molar-refractivity contribution is 7.09. The third kappa shape index (κ3) is 3.62. The Hall–Kier alpha value is -2.67. The molecule has 0 amide bonds. The second kappa shape index (κ2) is 6.84. The van der Waals surface area contributed by atoms with Crippen LogP contribution in [-0.4, -0.2) is 27.8 Å². The Bertz CT molecular complexity index is 866. The lowest BCUT2D eigenvalue weighted by Crippen LogP contribution is -2.12. The van der Waals surface area contributed by atoms with Crippen molar-refractivity contribution in [3.8, 4) is 0 Å². The zero-order valence-electron chi connectivity index (χ0n) is 13.2. The van der Waals surface area contributed by atoms with Crippen LogP contribution in [0.3, 0.4) is 0 Å².